The summed E-state index contributed by atoms with van der Waals surface area (Å²) in [7, 11) is 0. The summed E-state index contributed by atoms with van der Waals surface area (Å²) in [6.07, 6.45) is 0. The van der Waals surface area contributed by atoms with Crippen molar-refractivity contribution in [2.24, 2.45) is 0 Å². The Labute approximate surface area is 138 Å². The molecule has 0 fully saturated rings. The Hall–Kier alpha value is -2.30. The quantitative estimate of drug-likeness (QED) is 0.685. The highest BCUT2D eigenvalue weighted by atomic mass is 35.5. The number of benzene rings is 3. The molecule has 4 nitrogen and oxygen atoms in total. The monoisotopic (exact) mass is 338 g/mol. The molecule has 0 aliphatic rings. The van der Waals surface area contributed by atoms with Crippen LogP contribution in [0.2, 0.25) is 0 Å². The molecule has 3 aromatic carbocycles. The van der Waals surface area contributed by atoms with Crippen molar-refractivity contribution < 1.29 is 19.8 Å². The molecule has 0 saturated carbocycles. The van der Waals surface area contributed by atoms with Gasteiger partial charge in [-0.1, -0.05) is 36.4 Å². The van der Waals surface area contributed by atoms with E-state index in [0.717, 1.165) is 5.39 Å². The van der Waals surface area contributed by atoms with Gasteiger partial charge in [0.15, 0.2) is 0 Å². The fraction of sp³-hybridized carbons (Fsp3) is 0. The molecular weight excluding hydrogens is 327 g/mol. The molecule has 0 atom stereocenters. The fourth-order valence-corrected chi connectivity index (χ4v) is 2.52. The first-order valence-corrected chi connectivity index (χ1v) is 6.00. The summed E-state index contributed by atoms with van der Waals surface area (Å²) in [6, 6.07) is 13.6. The number of hydrogen-bond acceptors (Lipinski definition) is 2. The van der Waals surface area contributed by atoms with E-state index in [1.165, 1.54) is 6.07 Å². The van der Waals surface area contributed by atoms with Gasteiger partial charge in [0.1, 0.15) is 0 Å². The van der Waals surface area contributed by atoms with Gasteiger partial charge in [0, 0.05) is 5.39 Å². The molecule has 0 saturated heterocycles. The second-order valence-corrected chi connectivity index (χ2v) is 4.49. The maximum atomic E-state index is 11.6. The molecule has 114 valence electrons. The van der Waals surface area contributed by atoms with Crippen molar-refractivity contribution in [1.82, 2.24) is 0 Å². The number of carboxylic acids is 2. The molecule has 0 bridgehead atoms. The zero-order chi connectivity index (χ0) is 14.3. The van der Waals surface area contributed by atoms with Crippen LogP contribution in [0.1, 0.15) is 20.7 Å². The van der Waals surface area contributed by atoms with E-state index in [4.69, 9.17) is 0 Å². The molecule has 22 heavy (non-hydrogen) atoms. The minimum Gasteiger partial charge on any atom is -0.478 e. The molecule has 0 aliphatic carbocycles. The van der Waals surface area contributed by atoms with Gasteiger partial charge in [0.25, 0.3) is 0 Å². The van der Waals surface area contributed by atoms with Gasteiger partial charge < -0.3 is 10.2 Å². The van der Waals surface area contributed by atoms with E-state index in [9.17, 15) is 19.8 Å². The third kappa shape index (κ3) is 2.71. The van der Waals surface area contributed by atoms with Crippen molar-refractivity contribution >= 4 is 58.3 Å². The predicted molar refractivity (Wildman–Crippen MR) is 89.9 cm³/mol. The summed E-state index contributed by atoms with van der Waals surface area (Å²) in [5, 5.41) is 21.0. The van der Waals surface area contributed by atoms with Gasteiger partial charge in [-0.15, -0.1) is 24.8 Å². The van der Waals surface area contributed by atoms with E-state index in [1.807, 2.05) is 18.2 Å². The zero-order valence-electron chi connectivity index (χ0n) is 11.1. The largest absolute Gasteiger partial charge is 0.478 e. The molecule has 0 unspecified atom stereocenters. The number of hydrogen-bond donors (Lipinski definition) is 2. The van der Waals surface area contributed by atoms with E-state index >= 15 is 0 Å². The van der Waals surface area contributed by atoms with Gasteiger partial charge in [0.2, 0.25) is 0 Å². The average molecular weight is 339 g/mol. The molecule has 0 aromatic heterocycles. The van der Waals surface area contributed by atoms with E-state index in [2.05, 4.69) is 0 Å². The van der Waals surface area contributed by atoms with Crippen LogP contribution in [0, 0.1) is 0 Å². The molecule has 3 aromatic rings. The Morgan fingerprint density at radius 2 is 1.41 bits per heavy atom. The minimum atomic E-state index is -1.13. The number of carboxylic acid groups (broad SMARTS) is 2. The first-order chi connectivity index (χ1) is 9.59. The smallest absolute Gasteiger partial charge is 0.336 e. The molecular formula is C16H12Cl2O4. The average Bonchev–Trinajstić information content (AvgIpc) is 2.43. The van der Waals surface area contributed by atoms with Crippen molar-refractivity contribution in [2.45, 2.75) is 0 Å². The molecule has 2 N–H and O–H groups in total. The third-order valence-corrected chi connectivity index (χ3v) is 3.33. The van der Waals surface area contributed by atoms with E-state index in [0.29, 0.717) is 10.8 Å². The Balaban J connectivity index is 0.00000121. The number of fused-ring (bicyclic) bond motifs is 2. The molecule has 3 rings (SSSR count). The van der Waals surface area contributed by atoms with Crippen molar-refractivity contribution in [3.05, 3.63) is 59.7 Å². The number of halogens is 2. The van der Waals surface area contributed by atoms with Gasteiger partial charge in [0.05, 0.1) is 11.1 Å². The summed E-state index contributed by atoms with van der Waals surface area (Å²) < 4.78 is 0. The number of rotatable bonds is 2. The first-order valence-electron chi connectivity index (χ1n) is 6.00. The molecule has 0 spiro atoms. The second kappa shape index (κ2) is 6.64. The number of aromatic carboxylic acids is 2. The van der Waals surface area contributed by atoms with Crippen LogP contribution in [0.4, 0.5) is 0 Å². The van der Waals surface area contributed by atoms with Crippen molar-refractivity contribution in [3.8, 4) is 0 Å². The van der Waals surface area contributed by atoms with Crippen molar-refractivity contribution in [3.63, 3.8) is 0 Å². The van der Waals surface area contributed by atoms with Crippen LogP contribution in [0.5, 0.6) is 0 Å². The highest BCUT2D eigenvalue weighted by Gasteiger charge is 2.19. The van der Waals surface area contributed by atoms with Crippen LogP contribution in [-0.4, -0.2) is 22.2 Å². The van der Waals surface area contributed by atoms with Crippen LogP contribution in [0.15, 0.2) is 48.5 Å². The lowest BCUT2D eigenvalue weighted by Gasteiger charge is -2.10. The molecule has 0 aliphatic heterocycles. The van der Waals surface area contributed by atoms with E-state index < -0.39 is 11.9 Å². The van der Waals surface area contributed by atoms with Gasteiger partial charge in [-0.3, -0.25) is 0 Å². The molecule has 0 amide bonds. The first kappa shape index (κ1) is 17.8. The van der Waals surface area contributed by atoms with Gasteiger partial charge in [-0.25, -0.2) is 9.59 Å². The highest BCUT2D eigenvalue weighted by Crippen LogP contribution is 2.31. The van der Waals surface area contributed by atoms with Crippen LogP contribution in [-0.2, 0) is 0 Å². The van der Waals surface area contributed by atoms with Gasteiger partial charge in [-0.2, -0.15) is 0 Å². The molecule has 0 radical (unpaired) electrons. The zero-order valence-corrected chi connectivity index (χ0v) is 12.8. The lowest BCUT2D eigenvalue weighted by atomic mass is 9.93. The van der Waals surface area contributed by atoms with Crippen molar-refractivity contribution in [1.29, 1.82) is 0 Å². The third-order valence-electron chi connectivity index (χ3n) is 3.33. The highest BCUT2D eigenvalue weighted by molar-refractivity contribution is 6.20. The Morgan fingerprint density at radius 3 is 2.05 bits per heavy atom. The van der Waals surface area contributed by atoms with Crippen LogP contribution in [0.3, 0.4) is 0 Å². The lowest BCUT2D eigenvalue weighted by molar-refractivity contribution is 0.0696. The van der Waals surface area contributed by atoms with E-state index in [-0.39, 0.29) is 41.3 Å². The molecule has 6 heteroatoms. The number of carbonyl (C=O) groups is 2. The predicted octanol–water partition coefficient (Wildman–Crippen LogP) is 4.23. The summed E-state index contributed by atoms with van der Waals surface area (Å²) in [4.78, 5) is 22.9. The van der Waals surface area contributed by atoms with Gasteiger partial charge in [-0.05, 0) is 28.3 Å². The summed E-state index contributed by atoms with van der Waals surface area (Å²) in [6.45, 7) is 0. The minimum absolute atomic E-state index is 0. The fourth-order valence-electron chi connectivity index (χ4n) is 2.52. The SMILES string of the molecule is Cl.Cl.O=C(O)c1cccc2cc3ccccc3c(C(=O)O)c12. The van der Waals surface area contributed by atoms with Crippen LogP contribution < -0.4 is 0 Å². The van der Waals surface area contributed by atoms with E-state index in [1.54, 1.807) is 24.3 Å². The van der Waals surface area contributed by atoms with Gasteiger partial charge >= 0.3 is 11.9 Å². The maximum Gasteiger partial charge on any atom is 0.336 e. The second-order valence-electron chi connectivity index (χ2n) is 4.49. The van der Waals surface area contributed by atoms with Crippen LogP contribution in [0.25, 0.3) is 21.5 Å². The van der Waals surface area contributed by atoms with Crippen molar-refractivity contribution in [2.75, 3.05) is 0 Å². The maximum absolute atomic E-state index is 11.6. The topological polar surface area (TPSA) is 74.6 Å². The van der Waals surface area contributed by atoms with Crippen LogP contribution >= 0.6 is 24.8 Å². The Bertz CT molecular complexity index is 875. The standard InChI is InChI=1S/C16H10O4.2ClH/c17-15(18)12-7-3-5-10-8-9-4-1-2-6-11(9)14(13(10)12)16(19)20;;/h1-8H,(H,17,18)(H,19,20);2*1H. The lowest BCUT2D eigenvalue weighted by Crippen LogP contribution is -2.05. The molecule has 0 heterocycles. The normalized spacial score (nSPS) is 9.82. The Kier molecular flexibility index (Phi) is 5.36. The summed E-state index contributed by atoms with van der Waals surface area (Å²) in [5.74, 6) is -2.26. The summed E-state index contributed by atoms with van der Waals surface area (Å²) in [5.41, 5.74) is 0.0433. The Morgan fingerprint density at radius 1 is 0.773 bits per heavy atom. The summed E-state index contributed by atoms with van der Waals surface area (Å²) >= 11 is 0.